The highest BCUT2D eigenvalue weighted by molar-refractivity contribution is 5.73. The summed E-state index contributed by atoms with van der Waals surface area (Å²) in [4.78, 5) is 13.0. The van der Waals surface area contributed by atoms with Gasteiger partial charge in [0.1, 0.15) is 6.04 Å². The third-order valence-corrected chi connectivity index (χ3v) is 3.96. The van der Waals surface area contributed by atoms with Crippen LogP contribution in [-0.2, 0) is 16.1 Å². The predicted octanol–water partition coefficient (Wildman–Crippen LogP) is 3.72. The molecule has 2 aromatic rings. The number of hydrogen-bond donors (Lipinski definition) is 0. The minimum atomic E-state index is -4.52. The van der Waals surface area contributed by atoms with Gasteiger partial charge in [0.15, 0.2) is 6.10 Å². The van der Waals surface area contributed by atoms with Crippen LogP contribution in [0, 0.1) is 0 Å². The zero-order chi connectivity index (χ0) is 17.2. The van der Waals surface area contributed by atoms with E-state index >= 15 is 0 Å². The fourth-order valence-corrected chi connectivity index (χ4v) is 2.94. The van der Waals surface area contributed by atoms with Gasteiger partial charge in [0.25, 0.3) is 0 Å². The maximum atomic E-state index is 13.7. The van der Waals surface area contributed by atoms with E-state index in [-0.39, 0.29) is 13.1 Å². The summed E-state index contributed by atoms with van der Waals surface area (Å²) < 4.78 is 46.3. The number of alkyl halides is 3. The van der Waals surface area contributed by atoms with Crippen LogP contribution in [0.4, 0.5) is 13.2 Å². The minimum Gasteiger partial charge on any atom is -0.454 e. The molecule has 1 heterocycles. The van der Waals surface area contributed by atoms with Crippen LogP contribution in [0.5, 0.6) is 0 Å². The minimum absolute atomic E-state index is 0.0312. The van der Waals surface area contributed by atoms with E-state index in [0.29, 0.717) is 11.1 Å². The van der Waals surface area contributed by atoms with Gasteiger partial charge in [0.2, 0.25) is 0 Å². The second-order valence-electron chi connectivity index (χ2n) is 5.70. The van der Waals surface area contributed by atoms with E-state index in [2.05, 4.69) is 0 Å². The van der Waals surface area contributed by atoms with Gasteiger partial charge in [-0.25, -0.2) is 0 Å². The van der Waals surface area contributed by atoms with Gasteiger partial charge >= 0.3 is 12.1 Å². The Morgan fingerprint density at radius 3 is 2.17 bits per heavy atom. The van der Waals surface area contributed by atoms with Crippen molar-refractivity contribution in [2.45, 2.75) is 24.9 Å². The highest BCUT2D eigenvalue weighted by atomic mass is 19.4. The third kappa shape index (κ3) is 3.59. The van der Waals surface area contributed by atoms with Gasteiger partial charge in [-0.1, -0.05) is 60.7 Å². The Morgan fingerprint density at radius 2 is 1.58 bits per heavy atom. The number of carbonyl (C=O) groups is 1. The summed E-state index contributed by atoms with van der Waals surface area (Å²) in [5.41, 5.74) is 1.05. The molecule has 0 aliphatic carbocycles. The van der Waals surface area contributed by atoms with E-state index < -0.39 is 24.3 Å². The van der Waals surface area contributed by atoms with Crippen molar-refractivity contribution in [3.63, 3.8) is 0 Å². The molecule has 6 heteroatoms. The molecule has 1 saturated heterocycles. The molecular formula is C18H16F3NO2. The maximum absolute atomic E-state index is 13.7. The van der Waals surface area contributed by atoms with Crippen molar-refractivity contribution in [1.29, 1.82) is 0 Å². The predicted molar refractivity (Wildman–Crippen MR) is 82.0 cm³/mol. The van der Waals surface area contributed by atoms with E-state index in [9.17, 15) is 18.0 Å². The lowest BCUT2D eigenvalue weighted by Gasteiger charge is -2.41. The Morgan fingerprint density at radius 1 is 1.00 bits per heavy atom. The van der Waals surface area contributed by atoms with Crippen molar-refractivity contribution < 1.29 is 22.7 Å². The van der Waals surface area contributed by atoms with Gasteiger partial charge in [-0.15, -0.1) is 0 Å². The molecule has 1 fully saturated rings. The lowest BCUT2D eigenvalue weighted by atomic mass is 9.98. The molecule has 1 aliphatic rings. The van der Waals surface area contributed by atoms with E-state index in [4.69, 9.17) is 4.74 Å². The monoisotopic (exact) mass is 335 g/mol. The molecule has 24 heavy (non-hydrogen) atoms. The first kappa shape index (κ1) is 16.5. The normalized spacial score (nSPS) is 22.2. The largest absolute Gasteiger partial charge is 0.454 e. The number of carbonyl (C=O) groups excluding carboxylic acids is 1. The number of rotatable bonds is 3. The SMILES string of the molecule is O=C1CN(Cc2ccccc2)[C@H](C(F)(F)F)[C@H](c2ccccc2)O1. The molecule has 0 N–H and O–H groups in total. The van der Waals surface area contributed by atoms with Gasteiger partial charge in [-0.3, -0.25) is 9.69 Å². The van der Waals surface area contributed by atoms with Gasteiger partial charge in [-0.05, 0) is 11.1 Å². The maximum Gasteiger partial charge on any atom is 0.408 e. The molecular weight excluding hydrogens is 319 g/mol. The molecule has 2 aromatic carbocycles. The Hall–Kier alpha value is -2.34. The Bertz CT molecular complexity index is 688. The molecule has 0 aromatic heterocycles. The van der Waals surface area contributed by atoms with Crippen LogP contribution in [0.2, 0.25) is 0 Å². The first-order valence-corrected chi connectivity index (χ1v) is 7.54. The molecule has 0 saturated carbocycles. The summed E-state index contributed by atoms with van der Waals surface area (Å²) in [6.07, 6.45) is -5.88. The van der Waals surface area contributed by atoms with Crippen molar-refractivity contribution in [2.75, 3.05) is 6.54 Å². The number of nitrogens with zero attached hydrogens (tertiary/aromatic N) is 1. The van der Waals surface area contributed by atoms with Gasteiger partial charge in [0.05, 0.1) is 6.54 Å². The van der Waals surface area contributed by atoms with Crippen LogP contribution < -0.4 is 0 Å². The van der Waals surface area contributed by atoms with E-state index in [1.54, 1.807) is 60.7 Å². The number of cyclic esters (lactones) is 1. The topological polar surface area (TPSA) is 29.5 Å². The number of halogens is 3. The summed E-state index contributed by atoms with van der Waals surface area (Å²) in [6, 6.07) is 15.0. The highest BCUT2D eigenvalue weighted by Crippen LogP contribution is 2.39. The van der Waals surface area contributed by atoms with E-state index in [1.165, 1.54) is 0 Å². The molecule has 0 spiro atoms. The molecule has 0 bridgehead atoms. The van der Waals surface area contributed by atoms with E-state index in [0.717, 1.165) is 4.90 Å². The van der Waals surface area contributed by atoms with Crippen molar-refractivity contribution >= 4 is 5.97 Å². The molecule has 1 aliphatic heterocycles. The fraction of sp³-hybridized carbons (Fsp3) is 0.278. The van der Waals surface area contributed by atoms with Gasteiger partial charge in [-0.2, -0.15) is 13.2 Å². The van der Waals surface area contributed by atoms with Gasteiger partial charge < -0.3 is 4.74 Å². The molecule has 0 radical (unpaired) electrons. The lowest BCUT2D eigenvalue weighted by molar-refractivity contribution is -0.234. The second-order valence-corrected chi connectivity index (χ2v) is 5.70. The first-order chi connectivity index (χ1) is 11.4. The van der Waals surface area contributed by atoms with Crippen molar-refractivity contribution in [3.8, 4) is 0 Å². The van der Waals surface area contributed by atoms with Crippen LogP contribution in [-0.4, -0.2) is 29.6 Å². The summed E-state index contributed by atoms with van der Waals surface area (Å²) in [5, 5.41) is 0. The fourth-order valence-electron chi connectivity index (χ4n) is 2.94. The molecule has 2 atom stereocenters. The van der Waals surface area contributed by atoms with Crippen molar-refractivity contribution in [2.24, 2.45) is 0 Å². The summed E-state index contributed by atoms with van der Waals surface area (Å²) in [5.74, 6) is -0.653. The molecule has 126 valence electrons. The van der Waals surface area contributed by atoms with Crippen LogP contribution in [0.15, 0.2) is 60.7 Å². The summed E-state index contributed by atoms with van der Waals surface area (Å²) >= 11 is 0. The smallest absolute Gasteiger partial charge is 0.408 e. The number of morpholine rings is 1. The first-order valence-electron chi connectivity index (χ1n) is 7.54. The molecule has 0 amide bonds. The van der Waals surface area contributed by atoms with Crippen LogP contribution >= 0.6 is 0 Å². The average molecular weight is 335 g/mol. The summed E-state index contributed by atoms with van der Waals surface area (Å²) in [7, 11) is 0. The molecule has 3 rings (SSSR count). The Labute approximate surface area is 137 Å². The standard InChI is InChI=1S/C18H16F3NO2/c19-18(20,21)17-16(14-9-5-2-6-10-14)24-15(23)12-22(17)11-13-7-3-1-4-8-13/h1-10,16-17H,11-12H2/t16-,17-/m0/s1. The third-order valence-electron chi connectivity index (χ3n) is 3.96. The molecule has 0 unspecified atom stereocenters. The van der Waals surface area contributed by atoms with Crippen LogP contribution in [0.1, 0.15) is 17.2 Å². The number of esters is 1. The Kier molecular flexibility index (Phi) is 4.57. The van der Waals surface area contributed by atoms with Gasteiger partial charge in [0, 0.05) is 6.54 Å². The Balaban J connectivity index is 1.95. The zero-order valence-corrected chi connectivity index (χ0v) is 12.7. The van der Waals surface area contributed by atoms with Crippen LogP contribution in [0.25, 0.3) is 0 Å². The van der Waals surface area contributed by atoms with E-state index in [1.807, 2.05) is 0 Å². The number of benzene rings is 2. The quantitative estimate of drug-likeness (QED) is 0.801. The number of hydrogen-bond acceptors (Lipinski definition) is 3. The summed E-state index contributed by atoms with van der Waals surface area (Å²) in [6.45, 7) is -0.355. The second kappa shape index (κ2) is 6.65. The number of ether oxygens (including phenoxy) is 1. The van der Waals surface area contributed by atoms with Crippen LogP contribution in [0.3, 0.4) is 0 Å². The average Bonchev–Trinajstić information content (AvgIpc) is 2.55. The highest BCUT2D eigenvalue weighted by Gasteiger charge is 2.53. The zero-order valence-electron chi connectivity index (χ0n) is 12.7. The molecule has 3 nitrogen and oxygen atoms in total. The lowest BCUT2D eigenvalue weighted by Crippen LogP contribution is -2.55. The van der Waals surface area contributed by atoms with Crippen molar-refractivity contribution in [3.05, 3.63) is 71.8 Å². The van der Waals surface area contributed by atoms with Crippen molar-refractivity contribution in [1.82, 2.24) is 4.90 Å².